The highest BCUT2D eigenvalue weighted by molar-refractivity contribution is 5.89. The molecule has 0 saturated heterocycles. The Bertz CT molecular complexity index is 517. The Kier molecular flexibility index (Phi) is 9.46. The third kappa shape index (κ3) is 6.96. The van der Waals surface area contributed by atoms with Gasteiger partial charge in [-0.3, -0.25) is 9.59 Å². The van der Waals surface area contributed by atoms with Crippen LogP contribution < -0.4 is 11.1 Å². The minimum Gasteiger partial charge on any atom is -0.368 e. The van der Waals surface area contributed by atoms with E-state index in [1.807, 2.05) is 36.4 Å². The van der Waals surface area contributed by atoms with Crippen molar-refractivity contribution >= 4 is 11.8 Å². The minimum absolute atomic E-state index is 0.348. The van der Waals surface area contributed by atoms with Crippen molar-refractivity contribution in [1.29, 1.82) is 0 Å². The highest BCUT2D eigenvalue weighted by Gasteiger charge is 2.24. The molecule has 3 N–H and O–H groups in total. The second kappa shape index (κ2) is 11.4. The normalized spacial score (nSPS) is 13.0. The van der Waals surface area contributed by atoms with Crippen molar-refractivity contribution in [2.75, 3.05) is 7.11 Å². The molecule has 5 nitrogen and oxygen atoms in total. The van der Waals surface area contributed by atoms with Crippen molar-refractivity contribution in [3.63, 3.8) is 0 Å². The van der Waals surface area contributed by atoms with Gasteiger partial charge in [-0.15, -0.1) is 6.58 Å². The highest BCUT2D eigenvalue weighted by Crippen LogP contribution is 2.17. The monoisotopic (exact) mass is 332 g/mol. The zero-order valence-corrected chi connectivity index (χ0v) is 14.4. The summed E-state index contributed by atoms with van der Waals surface area (Å²) >= 11 is 0. The number of nitrogens with one attached hydrogen (secondary N) is 1. The number of benzene rings is 1. The maximum atomic E-state index is 12.4. The van der Waals surface area contributed by atoms with E-state index in [1.54, 1.807) is 0 Å². The summed E-state index contributed by atoms with van der Waals surface area (Å²) in [7, 11) is 1.47. The molecule has 0 aliphatic carbocycles. The molecule has 5 heteroatoms. The Morgan fingerprint density at radius 1 is 1.21 bits per heavy atom. The second-order valence-electron chi connectivity index (χ2n) is 5.77. The molecule has 0 bridgehead atoms. The first-order valence-electron chi connectivity index (χ1n) is 8.38. The molecular formula is C19H28N2O3. The van der Waals surface area contributed by atoms with Gasteiger partial charge in [-0.2, -0.15) is 0 Å². The van der Waals surface area contributed by atoms with Gasteiger partial charge in [-0.25, -0.2) is 0 Å². The van der Waals surface area contributed by atoms with Gasteiger partial charge in [0.2, 0.25) is 5.91 Å². The molecule has 2 amide bonds. The van der Waals surface area contributed by atoms with E-state index in [9.17, 15) is 9.59 Å². The molecule has 0 fully saturated rings. The van der Waals surface area contributed by atoms with Gasteiger partial charge in [0.1, 0.15) is 6.04 Å². The summed E-state index contributed by atoms with van der Waals surface area (Å²) < 4.78 is 5.28. The summed E-state index contributed by atoms with van der Waals surface area (Å²) in [6.07, 6.45) is 6.71. The summed E-state index contributed by atoms with van der Waals surface area (Å²) in [5, 5.41) is 2.71. The maximum Gasteiger partial charge on any atom is 0.254 e. The summed E-state index contributed by atoms with van der Waals surface area (Å²) in [4.78, 5) is 24.0. The molecule has 1 aromatic carbocycles. The molecule has 2 atom stereocenters. The molecule has 0 heterocycles. The Balaban J connectivity index is 2.52. The van der Waals surface area contributed by atoms with E-state index in [4.69, 9.17) is 10.5 Å². The van der Waals surface area contributed by atoms with Gasteiger partial charge in [0, 0.05) is 7.11 Å². The quantitative estimate of drug-likeness (QED) is 0.456. The van der Waals surface area contributed by atoms with Crippen molar-refractivity contribution in [1.82, 2.24) is 5.32 Å². The van der Waals surface area contributed by atoms with Crippen LogP contribution in [0.15, 0.2) is 43.0 Å². The van der Waals surface area contributed by atoms with Gasteiger partial charge in [0.05, 0.1) is 0 Å². The smallest absolute Gasteiger partial charge is 0.254 e. The van der Waals surface area contributed by atoms with E-state index < -0.39 is 18.1 Å². The van der Waals surface area contributed by atoms with Crippen molar-refractivity contribution in [2.45, 2.75) is 50.7 Å². The van der Waals surface area contributed by atoms with Crippen molar-refractivity contribution in [3.05, 3.63) is 48.6 Å². The molecule has 1 rings (SSSR count). The van der Waals surface area contributed by atoms with Gasteiger partial charge in [0.25, 0.3) is 5.91 Å². The molecule has 0 aliphatic heterocycles. The molecule has 0 aromatic heterocycles. The molecule has 0 unspecified atom stereocenters. The zero-order chi connectivity index (χ0) is 17.8. The number of carbonyl (C=O) groups excluding carboxylic acids is 2. The van der Waals surface area contributed by atoms with Crippen LogP contribution in [0, 0.1) is 0 Å². The van der Waals surface area contributed by atoms with Crippen molar-refractivity contribution < 1.29 is 14.3 Å². The Morgan fingerprint density at radius 3 is 2.46 bits per heavy atom. The number of unbranched alkanes of at least 4 members (excludes halogenated alkanes) is 4. The summed E-state index contributed by atoms with van der Waals surface area (Å²) in [6.45, 7) is 3.69. The van der Waals surface area contributed by atoms with Crippen LogP contribution in [0.2, 0.25) is 0 Å². The minimum atomic E-state index is -0.749. The van der Waals surface area contributed by atoms with Crippen molar-refractivity contribution in [2.24, 2.45) is 5.73 Å². The molecular weight excluding hydrogens is 304 g/mol. The van der Waals surface area contributed by atoms with Crippen LogP contribution in [0.3, 0.4) is 0 Å². The number of carbonyl (C=O) groups is 2. The zero-order valence-electron chi connectivity index (χ0n) is 14.4. The lowest BCUT2D eigenvalue weighted by atomic mass is 10.0. The number of hydrogen-bond acceptors (Lipinski definition) is 3. The summed E-state index contributed by atoms with van der Waals surface area (Å²) in [5.41, 5.74) is 6.16. The predicted octanol–water partition coefficient (Wildman–Crippen LogP) is 2.87. The number of nitrogens with two attached hydrogens (primary N) is 1. The first kappa shape index (κ1) is 19.9. The fourth-order valence-electron chi connectivity index (χ4n) is 2.55. The van der Waals surface area contributed by atoms with Gasteiger partial charge < -0.3 is 15.8 Å². The third-order valence-corrected chi connectivity index (χ3v) is 3.89. The third-order valence-electron chi connectivity index (χ3n) is 3.89. The predicted molar refractivity (Wildman–Crippen MR) is 95.2 cm³/mol. The summed E-state index contributed by atoms with van der Waals surface area (Å²) in [5.74, 6) is -0.864. The van der Waals surface area contributed by atoms with E-state index in [0.29, 0.717) is 6.42 Å². The topological polar surface area (TPSA) is 81.4 Å². The summed E-state index contributed by atoms with van der Waals surface area (Å²) in [6, 6.07) is 8.50. The fraction of sp³-hybridized carbons (Fsp3) is 0.474. The van der Waals surface area contributed by atoms with Crippen molar-refractivity contribution in [3.8, 4) is 0 Å². The van der Waals surface area contributed by atoms with E-state index in [1.165, 1.54) is 7.11 Å². The number of rotatable bonds is 12. The largest absolute Gasteiger partial charge is 0.368 e. The van der Waals surface area contributed by atoms with Gasteiger partial charge in [-0.1, -0.05) is 55.7 Å². The number of methoxy groups -OCH3 is 1. The van der Waals surface area contributed by atoms with E-state index in [-0.39, 0.29) is 5.91 Å². The molecule has 24 heavy (non-hydrogen) atoms. The number of primary amides is 1. The van der Waals surface area contributed by atoms with E-state index in [2.05, 4.69) is 11.9 Å². The van der Waals surface area contributed by atoms with Gasteiger partial charge in [0.15, 0.2) is 6.10 Å². The van der Waals surface area contributed by atoms with Crippen LogP contribution in [0.1, 0.15) is 50.2 Å². The number of hydrogen-bond donors (Lipinski definition) is 2. The molecule has 0 aliphatic rings. The van der Waals surface area contributed by atoms with Crippen LogP contribution in [-0.4, -0.2) is 25.0 Å². The highest BCUT2D eigenvalue weighted by atomic mass is 16.5. The van der Waals surface area contributed by atoms with Crippen LogP contribution in [0.25, 0.3) is 0 Å². The average molecular weight is 332 g/mol. The SMILES string of the molecule is C=CCCCCCC[C@@H](NC(=O)[C@H](OC)c1ccccc1)C(N)=O. The lowest BCUT2D eigenvalue weighted by Crippen LogP contribution is -2.46. The van der Waals surface area contributed by atoms with E-state index in [0.717, 1.165) is 37.7 Å². The average Bonchev–Trinajstić information content (AvgIpc) is 2.58. The second-order valence-corrected chi connectivity index (χ2v) is 5.77. The molecule has 0 radical (unpaired) electrons. The number of ether oxygens (including phenoxy) is 1. The maximum absolute atomic E-state index is 12.4. The number of allylic oxidation sites excluding steroid dienone is 1. The molecule has 0 saturated carbocycles. The Hall–Kier alpha value is -2.14. The van der Waals surface area contributed by atoms with Crippen LogP contribution in [-0.2, 0) is 14.3 Å². The van der Waals surface area contributed by atoms with Gasteiger partial charge >= 0.3 is 0 Å². The standard InChI is InChI=1S/C19H28N2O3/c1-3-4-5-6-7-11-14-16(18(20)22)21-19(23)17(24-2)15-12-9-8-10-13-15/h3,8-10,12-13,16-17H,1,4-7,11,14H2,2H3,(H2,20,22)(H,21,23)/t16-,17-/m1/s1. The Morgan fingerprint density at radius 2 is 1.88 bits per heavy atom. The van der Waals surface area contributed by atoms with Crippen LogP contribution in [0.5, 0.6) is 0 Å². The van der Waals surface area contributed by atoms with Crippen LogP contribution in [0.4, 0.5) is 0 Å². The molecule has 1 aromatic rings. The van der Waals surface area contributed by atoms with E-state index >= 15 is 0 Å². The van der Waals surface area contributed by atoms with Crippen LogP contribution >= 0.6 is 0 Å². The fourth-order valence-corrected chi connectivity index (χ4v) is 2.55. The first-order chi connectivity index (χ1) is 11.6. The molecule has 132 valence electrons. The lowest BCUT2D eigenvalue weighted by Gasteiger charge is -2.20. The molecule has 0 spiro atoms. The first-order valence-corrected chi connectivity index (χ1v) is 8.38. The lowest BCUT2D eigenvalue weighted by molar-refractivity contribution is -0.135. The number of amides is 2. The van der Waals surface area contributed by atoms with Gasteiger partial charge in [-0.05, 0) is 24.8 Å². The Labute approximate surface area is 144 Å².